The highest BCUT2D eigenvalue weighted by atomic mass is 35.5. The Hall–Kier alpha value is -1.53. The SMILES string of the molecule is Cl.Cl.NCCN1CCC(Oc2ccc3ccccc3c2)(C(=O)O)CC1. The van der Waals surface area contributed by atoms with Crippen molar-refractivity contribution in [2.24, 2.45) is 5.73 Å². The maximum absolute atomic E-state index is 11.8. The molecule has 0 radical (unpaired) electrons. The Bertz CT molecular complexity index is 704. The van der Waals surface area contributed by atoms with E-state index in [2.05, 4.69) is 4.90 Å². The lowest BCUT2D eigenvalue weighted by atomic mass is 9.91. The predicted molar refractivity (Wildman–Crippen MR) is 104 cm³/mol. The minimum absolute atomic E-state index is 0. The summed E-state index contributed by atoms with van der Waals surface area (Å²) in [5, 5.41) is 11.9. The normalized spacial score (nSPS) is 16.5. The van der Waals surface area contributed by atoms with E-state index in [0.29, 0.717) is 38.2 Å². The van der Waals surface area contributed by atoms with Crippen LogP contribution in [0.3, 0.4) is 0 Å². The van der Waals surface area contributed by atoms with Crippen molar-refractivity contribution in [3.63, 3.8) is 0 Å². The zero-order valence-electron chi connectivity index (χ0n) is 13.9. The number of likely N-dealkylation sites (tertiary alicyclic amines) is 1. The summed E-state index contributed by atoms with van der Waals surface area (Å²) in [4.78, 5) is 14.0. The summed E-state index contributed by atoms with van der Waals surface area (Å²) in [5.41, 5.74) is 4.43. The minimum atomic E-state index is -1.15. The molecular weight excluding hydrogens is 363 g/mol. The van der Waals surface area contributed by atoms with Gasteiger partial charge in [0.2, 0.25) is 5.60 Å². The highest BCUT2D eigenvalue weighted by Crippen LogP contribution is 2.31. The molecule has 0 spiro atoms. The largest absolute Gasteiger partial charge is 0.478 e. The van der Waals surface area contributed by atoms with Gasteiger partial charge in [0.1, 0.15) is 5.75 Å². The third-order valence-corrected chi connectivity index (χ3v) is 4.53. The number of carboxylic acid groups (broad SMARTS) is 1. The molecule has 1 fully saturated rings. The third kappa shape index (κ3) is 4.76. The van der Waals surface area contributed by atoms with Crippen LogP contribution in [0.4, 0.5) is 0 Å². The maximum atomic E-state index is 11.8. The van der Waals surface area contributed by atoms with Crippen LogP contribution in [0.25, 0.3) is 10.8 Å². The first-order valence-electron chi connectivity index (χ1n) is 7.97. The molecule has 0 amide bonds. The molecule has 0 atom stereocenters. The van der Waals surface area contributed by atoms with Crippen LogP contribution >= 0.6 is 24.8 Å². The molecule has 1 aliphatic heterocycles. The lowest BCUT2D eigenvalue weighted by Crippen LogP contribution is -2.53. The number of carbonyl (C=O) groups is 1. The number of fused-ring (bicyclic) bond motifs is 1. The molecule has 5 nitrogen and oxygen atoms in total. The van der Waals surface area contributed by atoms with Gasteiger partial charge in [-0.2, -0.15) is 0 Å². The fourth-order valence-corrected chi connectivity index (χ4v) is 3.14. The van der Waals surface area contributed by atoms with Gasteiger partial charge in [0.25, 0.3) is 0 Å². The van der Waals surface area contributed by atoms with E-state index in [4.69, 9.17) is 10.5 Å². The van der Waals surface area contributed by atoms with Crippen molar-refractivity contribution in [2.45, 2.75) is 18.4 Å². The van der Waals surface area contributed by atoms with E-state index in [1.54, 1.807) is 0 Å². The van der Waals surface area contributed by atoms with E-state index < -0.39 is 11.6 Å². The second-order valence-corrected chi connectivity index (χ2v) is 6.04. The van der Waals surface area contributed by atoms with Crippen molar-refractivity contribution < 1.29 is 14.6 Å². The zero-order chi connectivity index (χ0) is 16.3. The average molecular weight is 387 g/mol. The summed E-state index contributed by atoms with van der Waals surface area (Å²) >= 11 is 0. The quantitative estimate of drug-likeness (QED) is 0.825. The smallest absolute Gasteiger partial charge is 0.348 e. The Morgan fingerprint density at radius 3 is 2.36 bits per heavy atom. The Balaban J connectivity index is 0.00000156. The fourth-order valence-electron chi connectivity index (χ4n) is 3.14. The predicted octanol–water partition coefficient (Wildman–Crippen LogP) is 2.94. The lowest BCUT2D eigenvalue weighted by Gasteiger charge is -2.38. The number of rotatable bonds is 5. The van der Waals surface area contributed by atoms with Gasteiger partial charge in [0.05, 0.1) is 0 Å². The number of carboxylic acids is 1. The molecule has 0 aliphatic carbocycles. The fraction of sp³-hybridized carbons (Fsp3) is 0.389. The summed E-state index contributed by atoms with van der Waals surface area (Å²) in [6, 6.07) is 13.7. The van der Waals surface area contributed by atoms with E-state index in [0.717, 1.165) is 17.3 Å². The van der Waals surface area contributed by atoms with Crippen LogP contribution in [-0.2, 0) is 4.79 Å². The summed E-state index contributed by atoms with van der Waals surface area (Å²) < 4.78 is 5.98. The molecular formula is C18H24Cl2N2O3. The Kier molecular flexibility index (Phi) is 7.96. The van der Waals surface area contributed by atoms with E-state index in [1.807, 2.05) is 42.5 Å². The van der Waals surface area contributed by atoms with Crippen LogP contribution in [0.5, 0.6) is 5.75 Å². The van der Waals surface area contributed by atoms with Gasteiger partial charge in [-0.25, -0.2) is 4.79 Å². The lowest BCUT2D eigenvalue weighted by molar-refractivity contribution is -0.159. The van der Waals surface area contributed by atoms with Crippen molar-refractivity contribution in [2.75, 3.05) is 26.2 Å². The first-order valence-corrected chi connectivity index (χ1v) is 7.97. The molecule has 7 heteroatoms. The van der Waals surface area contributed by atoms with E-state index in [-0.39, 0.29) is 24.8 Å². The van der Waals surface area contributed by atoms with E-state index in [1.165, 1.54) is 0 Å². The van der Waals surface area contributed by atoms with Crippen LogP contribution in [0.2, 0.25) is 0 Å². The highest BCUT2D eigenvalue weighted by molar-refractivity contribution is 5.86. The van der Waals surface area contributed by atoms with Crippen molar-refractivity contribution in [1.29, 1.82) is 0 Å². The summed E-state index contributed by atoms with van der Waals surface area (Å²) in [6.07, 6.45) is 0.935. The maximum Gasteiger partial charge on any atom is 0.348 e. The molecule has 0 aromatic heterocycles. The second kappa shape index (κ2) is 9.25. The number of ether oxygens (including phenoxy) is 1. The number of nitrogens with zero attached hydrogens (tertiary/aromatic N) is 1. The third-order valence-electron chi connectivity index (χ3n) is 4.53. The van der Waals surface area contributed by atoms with Crippen LogP contribution in [-0.4, -0.2) is 47.8 Å². The van der Waals surface area contributed by atoms with Gasteiger partial charge in [-0.05, 0) is 22.9 Å². The van der Waals surface area contributed by atoms with Gasteiger partial charge in [-0.3, -0.25) is 0 Å². The average Bonchev–Trinajstić information content (AvgIpc) is 2.57. The van der Waals surface area contributed by atoms with Gasteiger partial charge in [0.15, 0.2) is 0 Å². The van der Waals surface area contributed by atoms with E-state index in [9.17, 15) is 9.90 Å². The first-order chi connectivity index (χ1) is 11.1. The second-order valence-electron chi connectivity index (χ2n) is 6.04. The van der Waals surface area contributed by atoms with Crippen LogP contribution in [0.15, 0.2) is 42.5 Å². The first kappa shape index (κ1) is 21.5. The monoisotopic (exact) mass is 386 g/mol. The zero-order valence-corrected chi connectivity index (χ0v) is 15.5. The molecule has 3 rings (SSSR count). The topological polar surface area (TPSA) is 75.8 Å². The Morgan fingerprint density at radius 1 is 1.12 bits per heavy atom. The summed E-state index contributed by atoms with van der Waals surface area (Å²) in [6.45, 7) is 2.77. The summed E-state index contributed by atoms with van der Waals surface area (Å²) in [5.74, 6) is -0.281. The molecule has 0 unspecified atom stereocenters. The number of nitrogens with two attached hydrogens (primary N) is 1. The van der Waals surface area contributed by atoms with Crippen molar-refractivity contribution in [3.8, 4) is 5.75 Å². The summed E-state index contributed by atoms with van der Waals surface area (Å²) in [7, 11) is 0. The number of benzene rings is 2. The molecule has 1 saturated heterocycles. The van der Waals surface area contributed by atoms with Gasteiger partial charge >= 0.3 is 5.97 Å². The van der Waals surface area contributed by atoms with Gasteiger partial charge in [-0.15, -0.1) is 24.8 Å². The number of piperidine rings is 1. The minimum Gasteiger partial charge on any atom is -0.478 e. The molecule has 2 aromatic rings. The Morgan fingerprint density at radius 2 is 1.76 bits per heavy atom. The van der Waals surface area contributed by atoms with Crippen LogP contribution < -0.4 is 10.5 Å². The van der Waals surface area contributed by atoms with Crippen molar-refractivity contribution in [1.82, 2.24) is 4.90 Å². The van der Waals surface area contributed by atoms with Crippen molar-refractivity contribution in [3.05, 3.63) is 42.5 Å². The van der Waals surface area contributed by atoms with Crippen molar-refractivity contribution >= 4 is 41.6 Å². The molecule has 3 N–H and O–H groups in total. The van der Waals surface area contributed by atoms with E-state index >= 15 is 0 Å². The molecule has 0 saturated carbocycles. The Labute approximate surface area is 160 Å². The standard InChI is InChI=1S/C18H22N2O3.2ClH/c19-9-12-20-10-7-18(8-11-20,17(21)22)23-16-6-5-14-3-1-2-4-15(14)13-16;;/h1-6,13H,7-12,19H2,(H,21,22);2*1H. The van der Waals surface area contributed by atoms with Gasteiger partial charge in [0, 0.05) is 39.0 Å². The molecule has 25 heavy (non-hydrogen) atoms. The number of halogens is 2. The van der Waals surface area contributed by atoms with Gasteiger partial charge < -0.3 is 20.5 Å². The van der Waals surface area contributed by atoms with Crippen LogP contribution in [0.1, 0.15) is 12.8 Å². The van der Waals surface area contributed by atoms with Crippen LogP contribution in [0, 0.1) is 0 Å². The number of hydrogen-bond donors (Lipinski definition) is 2. The molecule has 1 heterocycles. The number of aliphatic carboxylic acids is 1. The van der Waals surface area contributed by atoms with Gasteiger partial charge in [-0.1, -0.05) is 30.3 Å². The highest BCUT2D eigenvalue weighted by Gasteiger charge is 2.43. The molecule has 2 aromatic carbocycles. The molecule has 1 aliphatic rings. The number of hydrogen-bond acceptors (Lipinski definition) is 4. The molecule has 138 valence electrons. The molecule has 0 bridgehead atoms.